The summed E-state index contributed by atoms with van der Waals surface area (Å²) >= 11 is 11.9. The van der Waals surface area contributed by atoms with Crippen LogP contribution in [0.5, 0.6) is 5.75 Å². The maximum Gasteiger partial charge on any atom is 0.255 e. The van der Waals surface area contributed by atoms with E-state index in [9.17, 15) is 4.79 Å². The number of ether oxygens (including phenoxy) is 1. The third-order valence-electron chi connectivity index (χ3n) is 2.69. The summed E-state index contributed by atoms with van der Waals surface area (Å²) in [5, 5.41) is 3.34. The summed E-state index contributed by atoms with van der Waals surface area (Å²) in [4.78, 5) is 12.1. The summed E-state index contributed by atoms with van der Waals surface area (Å²) in [6.07, 6.45) is 0. The molecule has 20 heavy (non-hydrogen) atoms. The second kappa shape index (κ2) is 6.03. The lowest BCUT2D eigenvalue weighted by atomic mass is 10.2. The van der Waals surface area contributed by atoms with E-state index in [2.05, 4.69) is 5.32 Å². The topological polar surface area (TPSA) is 64.3 Å². The molecule has 0 aliphatic heterocycles. The van der Waals surface area contributed by atoms with Gasteiger partial charge >= 0.3 is 0 Å². The number of nitrogens with two attached hydrogens (primary N) is 1. The van der Waals surface area contributed by atoms with Crippen LogP contribution in [0.3, 0.4) is 0 Å². The van der Waals surface area contributed by atoms with E-state index >= 15 is 0 Å². The number of carbonyl (C=O) groups excluding carboxylic acids is 1. The van der Waals surface area contributed by atoms with Gasteiger partial charge in [-0.05, 0) is 36.4 Å². The Morgan fingerprint density at radius 1 is 1.15 bits per heavy atom. The molecule has 6 heteroatoms. The number of anilines is 2. The first kappa shape index (κ1) is 14.5. The van der Waals surface area contributed by atoms with Gasteiger partial charge < -0.3 is 15.8 Å². The lowest BCUT2D eigenvalue weighted by molar-refractivity contribution is 0.102. The Morgan fingerprint density at radius 2 is 1.80 bits per heavy atom. The molecule has 0 bridgehead atoms. The minimum absolute atomic E-state index is 0.296. The van der Waals surface area contributed by atoms with E-state index in [0.717, 1.165) is 0 Å². The number of hydrogen-bond acceptors (Lipinski definition) is 3. The van der Waals surface area contributed by atoms with Crippen LogP contribution in [-0.2, 0) is 0 Å². The molecule has 2 aromatic carbocycles. The van der Waals surface area contributed by atoms with Gasteiger partial charge in [-0.15, -0.1) is 0 Å². The van der Waals surface area contributed by atoms with E-state index in [1.54, 1.807) is 31.4 Å². The molecule has 0 unspecified atom stereocenters. The highest BCUT2D eigenvalue weighted by molar-refractivity contribution is 6.37. The standard InChI is InChI=1S/C14H12Cl2N2O2/c1-20-9-4-2-8(3-5-9)14(19)18-13-7-10(15)12(17)6-11(13)16/h2-7H,17H2,1H3,(H,18,19). The number of rotatable bonds is 3. The third-order valence-corrected chi connectivity index (χ3v) is 3.33. The van der Waals surface area contributed by atoms with E-state index in [1.807, 2.05) is 0 Å². The zero-order chi connectivity index (χ0) is 14.7. The molecule has 3 N–H and O–H groups in total. The molecule has 0 saturated carbocycles. The Labute approximate surface area is 126 Å². The van der Waals surface area contributed by atoms with Crippen LogP contribution < -0.4 is 15.8 Å². The Balaban J connectivity index is 2.20. The van der Waals surface area contributed by atoms with Gasteiger partial charge in [-0.1, -0.05) is 23.2 Å². The second-order valence-corrected chi connectivity index (χ2v) is 4.85. The SMILES string of the molecule is COc1ccc(C(=O)Nc2cc(Cl)c(N)cc2Cl)cc1. The molecule has 1 amide bonds. The van der Waals surface area contributed by atoms with Crippen LogP contribution >= 0.6 is 23.2 Å². The number of halogens is 2. The summed E-state index contributed by atoms with van der Waals surface area (Å²) in [5.74, 6) is 0.380. The quantitative estimate of drug-likeness (QED) is 0.847. The van der Waals surface area contributed by atoms with Gasteiger partial charge in [0.25, 0.3) is 5.91 Å². The molecule has 0 aliphatic rings. The predicted octanol–water partition coefficient (Wildman–Crippen LogP) is 3.84. The van der Waals surface area contributed by atoms with Crippen molar-refractivity contribution < 1.29 is 9.53 Å². The Hall–Kier alpha value is -1.91. The van der Waals surface area contributed by atoms with Crippen molar-refractivity contribution in [1.82, 2.24) is 0 Å². The summed E-state index contributed by atoms with van der Waals surface area (Å²) < 4.78 is 5.03. The molecule has 0 heterocycles. The number of hydrogen-bond donors (Lipinski definition) is 2. The number of amides is 1. The molecule has 0 fully saturated rings. The van der Waals surface area contributed by atoms with Crippen molar-refractivity contribution >= 4 is 40.5 Å². The average molecular weight is 311 g/mol. The van der Waals surface area contributed by atoms with Crippen molar-refractivity contribution in [2.24, 2.45) is 0 Å². The molecule has 0 radical (unpaired) electrons. The third kappa shape index (κ3) is 3.15. The molecule has 0 spiro atoms. The van der Waals surface area contributed by atoms with Gasteiger partial charge in [0, 0.05) is 5.56 Å². The first-order valence-corrected chi connectivity index (χ1v) is 6.47. The van der Waals surface area contributed by atoms with Crippen molar-refractivity contribution in [3.8, 4) is 5.75 Å². The van der Waals surface area contributed by atoms with Gasteiger partial charge in [-0.3, -0.25) is 4.79 Å². The number of methoxy groups -OCH3 is 1. The Bertz CT molecular complexity index is 642. The van der Waals surface area contributed by atoms with Crippen LogP contribution in [0.4, 0.5) is 11.4 Å². The molecule has 2 rings (SSSR count). The number of carbonyl (C=O) groups is 1. The van der Waals surface area contributed by atoms with Crippen molar-refractivity contribution in [1.29, 1.82) is 0 Å². The van der Waals surface area contributed by atoms with Crippen LogP contribution in [0.15, 0.2) is 36.4 Å². The predicted molar refractivity (Wildman–Crippen MR) is 81.8 cm³/mol. The average Bonchev–Trinajstić information content (AvgIpc) is 2.44. The van der Waals surface area contributed by atoms with Crippen LogP contribution in [0.2, 0.25) is 10.0 Å². The fourth-order valence-corrected chi connectivity index (χ4v) is 1.98. The largest absolute Gasteiger partial charge is 0.497 e. The van der Waals surface area contributed by atoms with Crippen LogP contribution in [-0.4, -0.2) is 13.0 Å². The van der Waals surface area contributed by atoms with E-state index in [-0.39, 0.29) is 5.91 Å². The number of nitrogen functional groups attached to an aromatic ring is 1. The fraction of sp³-hybridized carbons (Fsp3) is 0.0714. The van der Waals surface area contributed by atoms with Gasteiger partial charge in [0.15, 0.2) is 0 Å². The number of nitrogens with one attached hydrogen (secondary N) is 1. The zero-order valence-corrected chi connectivity index (χ0v) is 12.1. The molecule has 0 aromatic heterocycles. The van der Waals surface area contributed by atoms with Crippen molar-refractivity contribution in [3.63, 3.8) is 0 Å². The molecule has 2 aromatic rings. The zero-order valence-electron chi connectivity index (χ0n) is 10.6. The summed E-state index contributed by atoms with van der Waals surface area (Å²) in [7, 11) is 1.56. The second-order valence-electron chi connectivity index (χ2n) is 4.04. The normalized spacial score (nSPS) is 10.2. The summed E-state index contributed by atoms with van der Waals surface area (Å²) in [6.45, 7) is 0. The highest BCUT2D eigenvalue weighted by Crippen LogP contribution is 2.31. The van der Waals surface area contributed by atoms with Crippen LogP contribution in [0.25, 0.3) is 0 Å². The number of benzene rings is 2. The van der Waals surface area contributed by atoms with Crippen molar-refractivity contribution in [2.45, 2.75) is 0 Å². The Morgan fingerprint density at radius 3 is 2.40 bits per heavy atom. The first-order chi connectivity index (χ1) is 9.51. The van der Waals surface area contributed by atoms with Gasteiger partial charge in [0.1, 0.15) is 5.75 Å². The van der Waals surface area contributed by atoms with Gasteiger partial charge in [0.05, 0.1) is 28.5 Å². The van der Waals surface area contributed by atoms with E-state index < -0.39 is 0 Å². The maximum absolute atomic E-state index is 12.1. The van der Waals surface area contributed by atoms with Crippen LogP contribution in [0.1, 0.15) is 10.4 Å². The molecule has 104 valence electrons. The Kier molecular flexibility index (Phi) is 4.37. The molecule has 0 saturated heterocycles. The van der Waals surface area contributed by atoms with Crippen LogP contribution in [0, 0.1) is 0 Å². The monoisotopic (exact) mass is 310 g/mol. The molecule has 0 atom stereocenters. The van der Waals surface area contributed by atoms with E-state index in [0.29, 0.717) is 32.7 Å². The smallest absolute Gasteiger partial charge is 0.255 e. The lowest BCUT2D eigenvalue weighted by Crippen LogP contribution is -2.12. The molecule has 4 nitrogen and oxygen atoms in total. The van der Waals surface area contributed by atoms with Gasteiger partial charge in [-0.25, -0.2) is 0 Å². The lowest BCUT2D eigenvalue weighted by Gasteiger charge is -2.09. The molecule has 0 aliphatic carbocycles. The minimum atomic E-state index is -0.296. The maximum atomic E-state index is 12.1. The fourth-order valence-electron chi connectivity index (χ4n) is 1.59. The van der Waals surface area contributed by atoms with Gasteiger partial charge in [-0.2, -0.15) is 0 Å². The molecular weight excluding hydrogens is 299 g/mol. The van der Waals surface area contributed by atoms with E-state index in [4.69, 9.17) is 33.7 Å². The van der Waals surface area contributed by atoms with E-state index in [1.165, 1.54) is 12.1 Å². The summed E-state index contributed by atoms with van der Waals surface area (Å²) in [5.41, 5.74) is 6.87. The highest BCUT2D eigenvalue weighted by atomic mass is 35.5. The first-order valence-electron chi connectivity index (χ1n) is 5.71. The highest BCUT2D eigenvalue weighted by Gasteiger charge is 2.10. The van der Waals surface area contributed by atoms with Crippen molar-refractivity contribution in [3.05, 3.63) is 52.0 Å². The van der Waals surface area contributed by atoms with Gasteiger partial charge in [0.2, 0.25) is 0 Å². The van der Waals surface area contributed by atoms with Crippen molar-refractivity contribution in [2.75, 3.05) is 18.2 Å². The summed E-state index contributed by atoms with van der Waals surface area (Å²) in [6, 6.07) is 9.72. The minimum Gasteiger partial charge on any atom is -0.497 e. The molecular formula is C14H12Cl2N2O2.